The Hall–Kier alpha value is -0.780. The van der Waals surface area contributed by atoms with Crippen molar-refractivity contribution in [2.24, 2.45) is 5.73 Å². The zero-order valence-corrected chi connectivity index (χ0v) is 9.23. The molecule has 1 heterocycles. The molecule has 80 valence electrons. The molecule has 6 heteroatoms. The Morgan fingerprint density at radius 3 is 2.86 bits per heavy atom. The Balaban J connectivity index is 0.00000169. The fourth-order valence-electron chi connectivity index (χ4n) is 0.734. The van der Waals surface area contributed by atoms with Gasteiger partial charge >= 0.3 is 5.97 Å². The van der Waals surface area contributed by atoms with Crippen LogP contribution in [0.1, 0.15) is 16.6 Å². The Morgan fingerprint density at radius 2 is 2.43 bits per heavy atom. The summed E-state index contributed by atoms with van der Waals surface area (Å²) in [5, 5.41) is 10.3. The van der Waals surface area contributed by atoms with Crippen molar-refractivity contribution in [3.63, 3.8) is 0 Å². The maximum absolute atomic E-state index is 10.5. The van der Waals surface area contributed by atoms with Crippen LogP contribution in [0.15, 0.2) is 11.4 Å². The average molecular weight is 238 g/mol. The number of halogens is 1. The molecule has 1 aromatic rings. The van der Waals surface area contributed by atoms with Gasteiger partial charge < -0.3 is 15.6 Å². The van der Waals surface area contributed by atoms with E-state index in [4.69, 9.17) is 15.6 Å². The third-order valence-electron chi connectivity index (χ3n) is 1.30. The summed E-state index contributed by atoms with van der Waals surface area (Å²) < 4.78 is 5.22. The summed E-state index contributed by atoms with van der Waals surface area (Å²) >= 11 is 1.14. The van der Waals surface area contributed by atoms with E-state index in [0.717, 1.165) is 11.3 Å². The number of aromatic carboxylic acids is 1. The fraction of sp³-hybridized carbons (Fsp3) is 0.375. The second-order valence-corrected chi connectivity index (χ2v) is 3.65. The van der Waals surface area contributed by atoms with Crippen LogP contribution < -0.4 is 10.5 Å². The highest BCUT2D eigenvalue weighted by atomic mass is 35.5. The third-order valence-corrected chi connectivity index (χ3v) is 2.20. The number of nitrogens with two attached hydrogens (primary N) is 1. The topological polar surface area (TPSA) is 72.5 Å². The van der Waals surface area contributed by atoms with Gasteiger partial charge in [-0.2, -0.15) is 0 Å². The first kappa shape index (κ1) is 13.2. The molecule has 14 heavy (non-hydrogen) atoms. The van der Waals surface area contributed by atoms with Gasteiger partial charge in [0.05, 0.1) is 0 Å². The summed E-state index contributed by atoms with van der Waals surface area (Å²) in [6.45, 7) is 2.22. The number of rotatable bonds is 4. The quantitative estimate of drug-likeness (QED) is 0.834. The van der Waals surface area contributed by atoms with Crippen molar-refractivity contribution in [2.75, 3.05) is 6.61 Å². The maximum Gasteiger partial charge on any atom is 0.346 e. The molecule has 1 rings (SSSR count). The first-order valence-corrected chi connectivity index (χ1v) is 4.67. The highest BCUT2D eigenvalue weighted by molar-refractivity contribution is 7.12. The molecule has 0 saturated carbocycles. The van der Waals surface area contributed by atoms with Crippen molar-refractivity contribution in [1.29, 1.82) is 0 Å². The number of ether oxygens (including phenoxy) is 1. The second-order valence-electron chi connectivity index (χ2n) is 2.74. The van der Waals surface area contributed by atoms with E-state index in [2.05, 4.69) is 0 Å². The molecule has 4 nitrogen and oxygen atoms in total. The van der Waals surface area contributed by atoms with Gasteiger partial charge in [0.25, 0.3) is 0 Å². The Kier molecular flexibility index (Phi) is 5.52. The van der Waals surface area contributed by atoms with Crippen LogP contribution in [-0.2, 0) is 0 Å². The van der Waals surface area contributed by atoms with Crippen LogP contribution in [0.3, 0.4) is 0 Å². The SMILES string of the molecule is CC(N)COc1csc(C(=O)O)c1.Cl. The summed E-state index contributed by atoms with van der Waals surface area (Å²) in [5.41, 5.74) is 5.47. The lowest BCUT2D eigenvalue weighted by Crippen LogP contribution is -2.23. The zero-order chi connectivity index (χ0) is 9.84. The van der Waals surface area contributed by atoms with Gasteiger partial charge in [0, 0.05) is 17.5 Å². The third kappa shape index (κ3) is 3.95. The predicted molar refractivity (Wildman–Crippen MR) is 57.7 cm³/mol. The van der Waals surface area contributed by atoms with E-state index >= 15 is 0 Å². The molecule has 1 aromatic heterocycles. The average Bonchev–Trinajstić information content (AvgIpc) is 2.48. The van der Waals surface area contributed by atoms with Crippen molar-refractivity contribution >= 4 is 29.7 Å². The molecule has 0 aliphatic carbocycles. The van der Waals surface area contributed by atoms with E-state index in [1.807, 2.05) is 6.92 Å². The van der Waals surface area contributed by atoms with Gasteiger partial charge in [-0.15, -0.1) is 23.7 Å². The molecule has 0 saturated heterocycles. The van der Waals surface area contributed by atoms with Crippen molar-refractivity contribution in [1.82, 2.24) is 0 Å². The van der Waals surface area contributed by atoms with E-state index in [1.165, 1.54) is 6.07 Å². The van der Waals surface area contributed by atoms with Crippen LogP contribution in [0.4, 0.5) is 0 Å². The summed E-state index contributed by atoms with van der Waals surface area (Å²) in [5.74, 6) is -0.361. The monoisotopic (exact) mass is 237 g/mol. The summed E-state index contributed by atoms with van der Waals surface area (Å²) in [6.07, 6.45) is 0. The molecule has 0 bridgehead atoms. The molecule has 0 aromatic carbocycles. The van der Waals surface area contributed by atoms with E-state index in [0.29, 0.717) is 12.4 Å². The van der Waals surface area contributed by atoms with Crippen molar-refractivity contribution in [3.8, 4) is 5.75 Å². The molecular formula is C8H12ClNO3S. The van der Waals surface area contributed by atoms with Crippen LogP contribution in [0, 0.1) is 0 Å². The van der Waals surface area contributed by atoms with Gasteiger partial charge in [-0.05, 0) is 6.92 Å². The molecule has 1 atom stereocenters. The molecular weight excluding hydrogens is 226 g/mol. The fourth-order valence-corrected chi connectivity index (χ4v) is 1.40. The molecule has 0 fully saturated rings. The zero-order valence-electron chi connectivity index (χ0n) is 7.60. The van der Waals surface area contributed by atoms with Gasteiger partial charge in [-0.1, -0.05) is 0 Å². The molecule has 0 aliphatic heterocycles. The number of carbonyl (C=O) groups is 1. The molecule has 0 amide bonds. The highest BCUT2D eigenvalue weighted by Crippen LogP contribution is 2.21. The molecule has 3 N–H and O–H groups in total. The number of hydrogen-bond acceptors (Lipinski definition) is 4. The first-order valence-electron chi connectivity index (χ1n) is 3.80. The predicted octanol–water partition coefficient (Wildman–Crippen LogP) is 1.59. The van der Waals surface area contributed by atoms with Gasteiger partial charge in [0.2, 0.25) is 0 Å². The van der Waals surface area contributed by atoms with E-state index in [-0.39, 0.29) is 23.3 Å². The van der Waals surface area contributed by atoms with Crippen molar-refractivity contribution < 1.29 is 14.6 Å². The van der Waals surface area contributed by atoms with Gasteiger partial charge in [-0.3, -0.25) is 0 Å². The van der Waals surface area contributed by atoms with E-state index in [9.17, 15) is 4.79 Å². The summed E-state index contributed by atoms with van der Waals surface area (Å²) in [7, 11) is 0. The number of carboxylic acid groups (broad SMARTS) is 1. The standard InChI is InChI=1S/C8H11NO3S.ClH/c1-5(9)3-12-6-2-7(8(10)11)13-4-6;/h2,4-5H,3,9H2,1H3,(H,10,11);1H. The van der Waals surface area contributed by atoms with E-state index < -0.39 is 5.97 Å². The minimum absolute atomic E-state index is 0. The van der Waals surface area contributed by atoms with Crippen LogP contribution >= 0.6 is 23.7 Å². The van der Waals surface area contributed by atoms with Gasteiger partial charge in [0.15, 0.2) is 0 Å². The Labute approximate surface area is 92.1 Å². The molecule has 0 spiro atoms. The van der Waals surface area contributed by atoms with Crippen LogP contribution in [0.25, 0.3) is 0 Å². The smallest absolute Gasteiger partial charge is 0.346 e. The number of thiophene rings is 1. The lowest BCUT2D eigenvalue weighted by Gasteiger charge is -2.05. The lowest BCUT2D eigenvalue weighted by atomic mass is 10.4. The van der Waals surface area contributed by atoms with Crippen molar-refractivity contribution in [2.45, 2.75) is 13.0 Å². The summed E-state index contributed by atoms with van der Waals surface area (Å²) in [6, 6.07) is 1.45. The minimum atomic E-state index is -0.930. The van der Waals surface area contributed by atoms with Gasteiger partial charge in [-0.25, -0.2) is 4.79 Å². The van der Waals surface area contributed by atoms with Gasteiger partial charge in [0.1, 0.15) is 17.2 Å². The van der Waals surface area contributed by atoms with Crippen LogP contribution in [0.2, 0.25) is 0 Å². The minimum Gasteiger partial charge on any atom is -0.491 e. The number of hydrogen-bond donors (Lipinski definition) is 2. The Morgan fingerprint density at radius 1 is 1.79 bits per heavy atom. The molecule has 1 unspecified atom stereocenters. The Bertz CT molecular complexity index is 301. The van der Waals surface area contributed by atoms with E-state index in [1.54, 1.807) is 5.38 Å². The highest BCUT2D eigenvalue weighted by Gasteiger charge is 2.07. The van der Waals surface area contributed by atoms with Crippen LogP contribution in [0.5, 0.6) is 5.75 Å². The lowest BCUT2D eigenvalue weighted by molar-refractivity contribution is 0.0702. The second kappa shape index (κ2) is 5.85. The van der Waals surface area contributed by atoms with Crippen molar-refractivity contribution in [3.05, 3.63) is 16.3 Å². The molecule has 0 aliphatic rings. The maximum atomic E-state index is 10.5. The first-order chi connectivity index (χ1) is 6.09. The summed E-state index contributed by atoms with van der Waals surface area (Å²) in [4.78, 5) is 10.8. The van der Waals surface area contributed by atoms with Crippen LogP contribution in [-0.4, -0.2) is 23.7 Å². The molecule has 0 radical (unpaired) electrons. The largest absolute Gasteiger partial charge is 0.491 e. The number of carboxylic acids is 1. The normalized spacial score (nSPS) is 11.6.